The Balaban J connectivity index is 2.31. The Morgan fingerprint density at radius 3 is 2.70 bits per heavy atom. The van der Waals surface area contributed by atoms with Crippen molar-refractivity contribution < 1.29 is 14.7 Å². The highest BCUT2D eigenvalue weighted by molar-refractivity contribution is 5.95. The largest absolute Gasteiger partial charge is 0.497 e. The third kappa shape index (κ3) is 3.14. The van der Waals surface area contributed by atoms with E-state index in [0.717, 1.165) is 0 Å². The van der Waals surface area contributed by atoms with Crippen LogP contribution >= 0.6 is 0 Å². The topological polar surface area (TPSA) is 103 Å². The number of hydrogen-bond acceptors (Lipinski definition) is 6. The molecular formula is C13H14N4O3. The molecule has 7 heteroatoms. The van der Waals surface area contributed by atoms with Crippen LogP contribution in [0.5, 0.6) is 17.5 Å². The van der Waals surface area contributed by atoms with Crippen LogP contribution in [0.15, 0.2) is 35.5 Å². The van der Waals surface area contributed by atoms with E-state index in [1.54, 1.807) is 44.4 Å². The first-order chi connectivity index (χ1) is 9.62. The minimum atomic E-state index is -0.106. The minimum absolute atomic E-state index is 0.106. The van der Waals surface area contributed by atoms with Crippen LogP contribution in [-0.4, -0.2) is 28.1 Å². The number of ether oxygens (including phenoxy) is 2. The summed E-state index contributed by atoms with van der Waals surface area (Å²) in [4.78, 5) is 8.20. The smallest absolute Gasteiger partial charge is 0.322 e. The first-order valence-corrected chi connectivity index (χ1v) is 5.78. The Bertz CT molecular complexity index is 643. The van der Waals surface area contributed by atoms with Gasteiger partial charge in [0, 0.05) is 11.8 Å². The van der Waals surface area contributed by atoms with Crippen LogP contribution in [0.2, 0.25) is 0 Å². The number of hydrogen-bond donors (Lipinski definition) is 2. The van der Waals surface area contributed by atoms with Crippen LogP contribution in [0.1, 0.15) is 11.4 Å². The number of amidine groups is 1. The van der Waals surface area contributed by atoms with E-state index in [2.05, 4.69) is 15.1 Å². The van der Waals surface area contributed by atoms with Gasteiger partial charge in [-0.2, -0.15) is 4.98 Å². The second-order valence-electron chi connectivity index (χ2n) is 3.94. The van der Waals surface area contributed by atoms with Crippen LogP contribution in [0.25, 0.3) is 0 Å². The SMILES string of the molecule is COc1cccc(Oc2nc(C)cc(/C(N)=N/O)n2)c1. The normalized spacial score (nSPS) is 11.2. The zero-order valence-electron chi connectivity index (χ0n) is 11.1. The molecule has 0 fully saturated rings. The summed E-state index contributed by atoms with van der Waals surface area (Å²) in [5.41, 5.74) is 6.43. The van der Waals surface area contributed by atoms with Crippen molar-refractivity contribution in [1.29, 1.82) is 0 Å². The van der Waals surface area contributed by atoms with Crippen molar-refractivity contribution in [3.8, 4) is 17.5 Å². The van der Waals surface area contributed by atoms with E-state index in [4.69, 9.17) is 20.4 Å². The Kier molecular flexibility index (Phi) is 3.99. The molecule has 0 aliphatic rings. The maximum Gasteiger partial charge on any atom is 0.322 e. The molecule has 1 heterocycles. The molecule has 0 aliphatic heterocycles. The number of nitrogens with zero attached hydrogens (tertiary/aromatic N) is 3. The van der Waals surface area contributed by atoms with E-state index in [1.165, 1.54) is 0 Å². The molecule has 104 valence electrons. The molecule has 3 N–H and O–H groups in total. The van der Waals surface area contributed by atoms with Gasteiger partial charge in [0.25, 0.3) is 0 Å². The maximum absolute atomic E-state index is 8.67. The van der Waals surface area contributed by atoms with Gasteiger partial charge in [-0.05, 0) is 25.1 Å². The molecule has 2 rings (SSSR count). The summed E-state index contributed by atoms with van der Waals surface area (Å²) in [5, 5.41) is 11.6. The molecule has 0 atom stereocenters. The van der Waals surface area contributed by atoms with E-state index in [-0.39, 0.29) is 17.5 Å². The molecule has 0 saturated carbocycles. The van der Waals surface area contributed by atoms with E-state index in [1.807, 2.05) is 0 Å². The van der Waals surface area contributed by atoms with Crippen molar-refractivity contribution in [2.24, 2.45) is 10.9 Å². The molecule has 20 heavy (non-hydrogen) atoms. The quantitative estimate of drug-likeness (QED) is 0.380. The van der Waals surface area contributed by atoms with Crippen LogP contribution in [-0.2, 0) is 0 Å². The Labute approximate surface area is 115 Å². The summed E-state index contributed by atoms with van der Waals surface area (Å²) in [6.45, 7) is 1.76. The molecule has 0 aliphatic carbocycles. The van der Waals surface area contributed by atoms with E-state index < -0.39 is 0 Å². The number of benzene rings is 1. The predicted octanol–water partition coefficient (Wildman–Crippen LogP) is 1.68. The van der Waals surface area contributed by atoms with Gasteiger partial charge >= 0.3 is 6.01 Å². The third-order valence-corrected chi connectivity index (χ3v) is 2.45. The van der Waals surface area contributed by atoms with Gasteiger partial charge in [-0.3, -0.25) is 0 Å². The summed E-state index contributed by atoms with van der Waals surface area (Å²) in [5.74, 6) is 1.08. The summed E-state index contributed by atoms with van der Waals surface area (Å²) in [7, 11) is 1.57. The third-order valence-electron chi connectivity index (χ3n) is 2.45. The molecule has 0 saturated heterocycles. The van der Waals surface area contributed by atoms with Gasteiger partial charge in [-0.25, -0.2) is 4.98 Å². The summed E-state index contributed by atoms with van der Waals surface area (Å²) >= 11 is 0. The lowest BCUT2D eigenvalue weighted by molar-refractivity contribution is 0.318. The molecule has 0 amide bonds. The maximum atomic E-state index is 8.67. The van der Waals surface area contributed by atoms with Crippen molar-refractivity contribution in [3.63, 3.8) is 0 Å². The van der Waals surface area contributed by atoms with Gasteiger partial charge in [-0.1, -0.05) is 11.2 Å². The zero-order valence-corrected chi connectivity index (χ0v) is 11.1. The number of rotatable bonds is 4. The lowest BCUT2D eigenvalue weighted by Gasteiger charge is -2.07. The second kappa shape index (κ2) is 5.87. The highest BCUT2D eigenvalue weighted by Gasteiger charge is 2.08. The number of methoxy groups -OCH3 is 1. The van der Waals surface area contributed by atoms with E-state index >= 15 is 0 Å². The monoisotopic (exact) mass is 274 g/mol. The molecule has 7 nitrogen and oxygen atoms in total. The fraction of sp³-hybridized carbons (Fsp3) is 0.154. The van der Waals surface area contributed by atoms with Crippen molar-refractivity contribution in [1.82, 2.24) is 9.97 Å². The summed E-state index contributed by atoms with van der Waals surface area (Å²) in [6.07, 6.45) is 0. The van der Waals surface area contributed by atoms with Crippen molar-refractivity contribution in [2.45, 2.75) is 6.92 Å². The van der Waals surface area contributed by atoms with Crippen molar-refractivity contribution in [3.05, 3.63) is 41.7 Å². The fourth-order valence-electron chi connectivity index (χ4n) is 1.54. The lowest BCUT2D eigenvalue weighted by Crippen LogP contribution is -2.16. The van der Waals surface area contributed by atoms with Crippen molar-refractivity contribution in [2.75, 3.05) is 7.11 Å². The second-order valence-corrected chi connectivity index (χ2v) is 3.94. The molecule has 0 spiro atoms. The molecule has 0 unspecified atom stereocenters. The van der Waals surface area contributed by atoms with Gasteiger partial charge in [0.2, 0.25) is 0 Å². The zero-order chi connectivity index (χ0) is 14.5. The highest BCUT2D eigenvalue weighted by Crippen LogP contribution is 2.23. The first-order valence-electron chi connectivity index (χ1n) is 5.78. The molecule has 2 aromatic rings. The molecule has 0 radical (unpaired) electrons. The van der Waals surface area contributed by atoms with E-state index in [0.29, 0.717) is 17.2 Å². The van der Waals surface area contributed by atoms with Gasteiger partial charge in [0.15, 0.2) is 5.84 Å². The average Bonchev–Trinajstić information content (AvgIpc) is 2.46. The first kappa shape index (κ1) is 13.6. The fourth-order valence-corrected chi connectivity index (χ4v) is 1.54. The van der Waals surface area contributed by atoms with Crippen LogP contribution in [0, 0.1) is 6.92 Å². The predicted molar refractivity (Wildman–Crippen MR) is 72.3 cm³/mol. The Morgan fingerprint density at radius 1 is 1.25 bits per heavy atom. The van der Waals surface area contributed by atoms with Crippen LogP contribution in [0.4, 0.5) is 0 Å². The standard InChI is InChI=1S/C13H14N4O3/c1-8-6-11(12(14)17-18)16-13(15-8)20-10-5-3-4-9(7-10)19-2/h3-7,18H,1-2H3,(H2,14,17). The Hall–Kier alpha value is -2.83. The number of aryl methyl sites for hydroxylation is 1. The minimum Gasteiger partial charge on any atom is -0.497 e. The molecule has 1 aromatic carbocycles. The molecular weight excluding hydrogens is 260 g/mol. The van der Waals surface area contributed by atoms with Crippen molar-refractivity contribution >= 4 is 5.84 Å². The van der Waals surface area contributed by atoms with E-state index in [9.17, 15) is 0 Å². The highest BCUT2D eigenvalue weighted by atomic mass is 16.5. The Morgan fingerprint density at radius 2 is 2.00 bits per heavy atom. The molecule has 0 bridgehead atoms. The summed E-state index contributed by atoms with van der Waals surface area (Å²) < 4.78 is 10.6. The van der Waals surface area contributed by atoms with Gasteiger partial charge in [0.05, 0.1) is 7.11 Å². The van der Waals surface area contributed by atoms with Gasteiger partial charge in [-0.15, -0.1) is 0 Å². The molecule has 1 aromatic heterocycles. The number of aromatic nitrogens is 2. The van der Waals surface area contributed by atoms with Gasteiger partial charge < -0.3 is 20.4 Å². The number of nitrogens with two attached hydrogens (primary N) is 1. The average molecular weight is 274 g/mol. The van der Waals surface area contributed by atoms with Crippen LogP contribution < -0.4 is 15.2 Å². The van der Waals surface area contributed by atoms with Crippen LogP contribution in [0.3, 0.4) is 0 Å². The number of oxime groups is 1. The summed E-state index contributed by atoms with van der Waals surface area (Å²) in [6, 6.07) is 8.74. The van der Waals surface area contributed by atoms with Gasteiger partial charge in [0.1, 0.15) is 17.2 Å². The lowest BCUT2D eigenvalue weighted by atomic mass is 10.3.